The molecule has 0 saturated heterocycles. The minimum atomic E-state index is -0.812. The van der Waals surface area contributed by atoms with Gasteiger partial charge in [0.25, 0.3) is 0 Å². The largest absolute Gasteiger partial charge is 0.481 e. The quantitative estimate of drug-likeness (QED) is 0.0955. The molecule has 348 valence electrons. The van der Waals surface area contributed by atoms with Crippen LogP contribution >= 0.6 is 0 Å². The lowest BCUT2D eigenvalue weighted by atomic mass is 9.88. The number of carboxylic acid groups (broad SMARTS) is 1. The number of rotatable bonds is 11. The molecule has 10 rings (SSSR count). The normalized spacial score (nSPS) is 14.9. The van der Waals surface area contributed by atoms with Crippen LogP contribution in [0.5, 0.6) is 0 Å². The Balaban J connectivity index is 0.000000170. The van der Waals surface area contributed by atoms with Crippen LogP contribution in [0.3, 0.4) is 0 Å². The van der Waals surface area contributed by atoms with Crippen LogP contribution in [0.25, 0.3) is 78.2 Å². The van der Waals surface area contributed by atoms with Gasteiger partial charge in [-0.1, -0.05) is 36.4 Å². The molecule has 6 heterocycles. The number of hydrogen-bond donors (Lipinski definition) is 1. The lowest BCUT2D eigenvalue weighted by molar-refractivity contribution is -0.143. The molecule has 4 aromatic carbocycles. The second-order valence-corrected chi connectivity index (χ2v) is 18.4. The molecule has 1 N–H and O–H groups in total. The second-order valence-electron chi connectivity index (χ2n) is 18.4. The maximum atomic E-state index is 12.9. The van der Waals surface area contributed by atoms with Crippen LogP contribution in [0.15, 0.2) is 124 Å². The first-order valence-electron chi connectivity index (χ1n) is 22.8. The Bertz CT molecular complexity index is 3410. The molecule has 0 radical (unpaired) electrons. The van der Waals surface area contributed by atoms with Gasteiger partial charge in [0.2, 0.25) is 11.8 Å². The third-order valence-electron chi connectivity index (χ3n) is 12.6. The molecule has 14 heteroatoms. The first-order chi connectivity index (χ1) is 32.5. The molecule has 0 atom stereocenters. The van der Waals surface area contributed by atoms with Crippen molar-refractivity contribution in [2.45, 2.75) is 85.2 Å². The van der Waals surface area contributed by atoms with Crippen molar-refractivity contribution in [2.24, 2.45) is 0 Å². The molecule has 0 fully saturated rings. The Hall–Kier alpha value is -7.74. The van der Waals surface area contributed by atoms with Crippen molar-refractivity contribution in [1.82, 2.24) is 9.97 Å². The molecular formula is C54H52N4O10. The average Bonchev–Trinajstić information content (AvgIpc) is 3.92. The number of para-hydroxylation sites is 4. The molecule has 0 bridgehead atoms. The zero-order valence-corrected chi connectivity index (χ0v) is 39.1. The van der Waals surface area contributed by atoms with Crippen LogP contribution < -0.4 is 21.1 Å². The third kappa shape index (κ3) is 8.81. The SMILES string of the molecule is CC1=CC(C)(C)N(CCCC(=O)O)c2cc3oc(=O)c(-c4nc5ccccc5o4)cc3cc21.CCOC(=O)CCCN1c2cc3oc(=O)c(-c4nc5ccccc5o4)cc3cc2C(C)=CC1(C)C. The first kappa shape index (κ1) is 45.4. The number of fused-ring (bicyclic) bond motifs is 6. The summed E-state index contributed by atoms with van der Waals surface area (Å²) >= 11 is 0. The summed E-state index contributed by atoms with van der Waals surface area (Å²) in [7, 11) is 0. The van der Waals surface area contributed by atoms with Gasteiger partial charge in [-0.05, 0) is 121 Å². The van der Waals surface area contributed by atoms with E-state index in [0.29, 0.717) is 72.3 Å². The maximum absolute atomic E-state index is 12.9. The highest BCUT2D eigenvalue weighted by atomic mass is 16.5. The van der Waals surface area contributed by atoms with Gasteiger partial charge in [-0.3, -0.25) is 9.59 Å². The van der Waals surface area contributed by atoms with Crippen molar-refractivity contribution < 1.29 is 37.1 Å². The fourth-order valence-electron chi connectivity index (χ4n) is 9.48. The molecule has 2 aliphatic rings. The molecule has 0 saturated carbocycles. The van der Waals surface area contributed by atoms with E-state index in [9.17, 15) is 19.2 Å². The fraction of sp³-hybridized carbons (Fsp3) is 0.296. The number of anilines is 2. The lowest BCUT2D eigenvalue weighted by Crippen LogP contribution is -2.45. The fourth-order valence-corrected chi connectivity index (χ4v) is 9.48. The molecule has 14 nitrogen and oxygen atoms in total. The van der Waals surface area contributed by atoms with Gasteiger partial charge in [-0.15, -0.1) is 0 Å². The first-order valence-corrected chi connectivity index (χ1v) is 22.8. The zero-order valence-electron chi connectivity index (χ0n) is 39.1. The Kier molecular flexibility index (Phi) is 11.9. The number of carbonyl (C=O) groups is 2. The minimum Gasteiger partial charge on any atom is -0.481 e. The smallest absolute Gasteiger partial charge is 0.349 e. The van der Waals surface area contributed by atoms with Crippen LogP contribution in [0.1, 0.15) is 85.3 Å². The molecule has 4 aromatic heterocycles. The topological polar surface area (TPSA) is 183 Å². The van der Waals surface area contributed by atoms with Crippen molar-refractivity contribution in [3.05, 3.63) is 129 Å². The van der Waals surface area contributed by atoms with Gasteiger partial charge in [0, 0.05) is 71.3 Å². The van der Waals surface area contributed by atoms with Crippen LogP contribution in [-0.4, -0.2) is 57.8 Å². The summed E-state index contributed by atoms with van der Waals surface area (Å²) in [6, 6.07) is 26.1. The number of carbonyl (C=O) groups excluding carboxylic acids is 1. The Morgan fingerprint density at radius 3 is 1.46 bits per heavy atom. The van der Waals surface area contributed by atoms with Crippen molar-refractivity contribution in [3.63, 3.8) is 0 Å². The summed E-state index contributed by atoms with van der Waals surface area (Å²) in [5.41, 5.74) is 8.76. The highest BCUT2D eigenvalue weighted by molar-refractivity contribution is 5.94. The number of hydrogen-bond acceptors (Lipinski definition) is 13. The number of benzene rings is 4. The highest BCUT2D eigenvalue weighted by Crippen LogP contribution is 2.43. The number of aromatic nitrogens is 2. The van der Waals surface area contributed by atoms with Gasteiger partial charge >= 0.3 is 23.2 Å². The lowest BCUT2D eigenvalue weighted by Gasteiger charge is -2.43. The van der Waals surface area contributed by atoms with E-state index in [-0.39, 0.29) is 46.4 Å². The van der Waals surface area contributed by atoms with E-state index in [0.717, 1.165) is 44.4 Å². The van der Waals surface area contributed by atoms with Crippen LogP contribution in [0.2, 0.25) is 0 Å². The van der Waals surface area contributed by atoms with Crippen LogP contribution in [0, 0.1) is 0 Å². The predicted octanol–water partition coefficient (Wildman–Crippen LogP) is 11.4. The molecule has 0 unspecified atom stereocenters. The average molecular weight is 917 g/mol. The zero-order chi connectivity index (χ0) is 48.1. The molecule has 2 aliphatic heterocycles. The highest BCUT2D eigenvalue weighted by Gasteiger charge is 2.34. The third-order valence-corrected chi connectivity index (χ3v) is 12.6. The van der Waals surface area contributed by atoms with Gasteiger partial charge in [0.15, 0.2) is 11.2 Å². The number of oxazole rings is 2. The van der Waals surface area contributed by atoms with Gasteiger partial charge in [-0.25, -0.2) is 19.6 Å². The van der Waals surface area contributed by atoms with Crippen LogP contribution in [-0.2, 0) is 14.3 Å². The number of ether oxygens (including phenoxy) is 1. The number of allylic oxidation sites excluding steroid dienone is 2. The summed E-state index contributed by atoms with van der Waals surface area (Å²) < 4.78 is 28.1. The summed E-state index contributed by atoms with van der Waals surface area (Å²) in [4.78, 5) is 62.0. The van der Waals surface area contributed by atoms with E-state index >= 15 is 0 Å². The van der Waals surface area contributed by atoms with E-state index < -0.39 is 17.2 Å². The van der Waals surface area contributed by atoms with E-state index in [1.807, 2.05) is 73.7 Å². The van der Waals surface area contributed by atoms with Gasteiger partial charge in [0.05, 0.1) is 17.7 Å². The van der Waals surface area contributed by atoms with E-state index in [1.165, 1.54) is 0 Å². The van der Waals surface area contributed by atoms with Crippen molar-refractivity contribution in [3.8, 4) is 22.9 Å². The summed E-state index contributed by atoms with van der Waals surface area (Å²) in [5, 5.41) is 10.6. The molecule has 8 aromatic rings. The van der Waals surface area contributed by atoms with Gasteiger partial charge in [0.1, 0.15) is 33.3 Å². The molecule has 68 heavy (non-hydrogen) atoms. The number of nitrogens with zero attached hydrogens (tertiary/aromatic N) is 4. The Morgan fingerprint density at radius 2 is 1.03 bits per heavy atom. The van der Waals surface area contributed by atoms with Gasteiger partial charge in [-0.2, -0.15) is 0 Å². The Labute approximate surface area is 391 Å². The van der Waals surface area contributed by atoms with Gasteiger partial charge < -0.3 is 37.3 Å². The second kappa shape index (κ2) is 17.8. The molecular weight excluding hydrogens is 865 g/mol. The molecule has 0 spiro atoms. The molecule has 0 amide bonds. The summed E-state index contributed by atoms with van der Waals surface area (Å²) in [6.45, 7) is 16.0. The standard InChI is InChI=1S/C28H28N2O5.C26H24N2O5/c1-5-33-25(31)11-8-12-30-22-15-24-18(13-19(22)17(2)16-28(30,3)4)14-20(27(32)35-24)26-29-21-9-6-7-10-23(21)34-26;1-15-14-26(2,3)28(10-6-9-23(29)30)20-13-22-16(11-17(15)20)12-18(25(31)33-22)24-27-19-7-4-5-8-21(19)32-24/h6-7,9-10,13-16H,5,8,11-12H2,1-4H3;4-5,7-8,11-14H,6,9-10H2,1-3H3,(H,29,30). The van der Waals surface area contributed by atoms with Crippen LogP contribution in [0.4, 0.5) is 11.4 Å². The number of aliphatic carboxylic acids is 1. The van der Waals surface area contributed by atoms with E-state index in [4.69, 9.17) is 27.5 Å². The summed E-state index contributed by atoms with van der Waals surface area (Å²) in [6.07, 6.45) is 6.04. The number of carboxylic acids is 1. The maximum Gasteiger partial charge on any atom is 0.349 e. The summed E-state index contributed by atoms with van der Waals surface area (Å²) in [5.74, 6) is -0.527. The van der Waals surface area contributed by atoms with Crippen molar-refractivity contribution in [2.75, 3.05) is 29.5 Å². The monoisotopic (exact) mass is 916 g/mol. The van der Waals surface area contributed by atoms with E-state index in [2.05, 4.69) is 73.5 Å². The number of esters is 1. The Morgan fingerprint density at radius 1 is 0.603 bits per heavy atom. The van der Waals surface area contributed by atoms with Crippen molar-refractivity contribution >= 4 is 78.6 Å². The minimum absolute atomic E-state index is 0.0983. The predicted molar refractivity (Wildman–Crippen MR) is 264 cm³/mol. The van der Waals surface area contributed by atoms with Crippen molar-refractivity contribution in [1.29, 1.82) is 0 Å². The molecule has 0 aliphatic carbocycles. The van der Waals surface area contributed by atoms with E-state index in [1.54, 1.807) is 18.2 Å².